The molecule has 0 bridgehead atoms. The van der Waals surface area contributed by atoms with Gasteiger partial charge in [0, 0.05) is 6.54 Å². The number of carbonyl (C=O) groups is 2. The van der Waals surface area contributed by atoms with E-state index in [0.717, 1.165) is 31.4 Å². The number of nitrogens with zero attached hydrogens (tertiary/aromatic N) is 2. The van der Waals surface area contributed by atoms with Gasteiger partial charge >= 0.3 is 5.97 Å². The molecule has 0 saturated heterocycles. The lowest BCUT2D eigenvalue weighted by molar-refractivity contribution is -0.145. The van der Waals surface area contributed by atoms with Gasteiger partial charge in [-0.3, -0.25) is 9.48 Å². The lowest BCUT2D eigenvalue weighted by Gasteiger charge is -2.29. The molecule has 1 saturated carbocycles. The molecular formula is C15H23N3O3. The van der Waals surface area contributed by atoms with Crippen LogP contribution in [-0.4, -0.2) is 32.3 Å². The number of hydrogen-bond acceptors (Lipinski definition) is 3. The molecule has 116 valence electrons. The second-order valence-corrected chi connectivity index (χ2v) is 5.74. The summed E-state index contributed by atoms with van der Waals surface area (Å²) in [6, 6.07) is 1.70. The molecule has 2 rings (SSSR count). The molecule has 2 N–H and O–H groups in total. The number of nitrogens with one attached hydrogen (secondary N) is 1. The molecule has 1 fully saturated rings. The Labute approximate surface area is 124 Å². The third-order valence-corrected chi connectivity index (χ3v) is 4.15. The standard InChI is InChI=1S/C15H23N3O3/c1-3-18-12(10-11(2)17-18)13(19)16-15(14(20)21)8-6-4-5-7-9-15/h10H,3-9H2,1-2H3,(H,16,19)(H,20,21). The van der Waals surface area contributed by atoms with Crippen molar-refractivity contribution < 1.29 is 14.7 Å². The van der Waals surface area contributed by atoms with Crippen molar-refractivity contribution in [2.45, 2.75) is 64.5 Å². The molecule has 6 heteroatoms. The largest absolute Gasteiger partial charge is 0.480 e. The van der Waals surface area contributed by atoms with Crippen LogP contribution >= 0.6 is 0 Å². The highest BCUT2D eigenvalue weighted by molar-refractivity contribution is 5.96. The quantitative estimate of drug-likeness (QED) is 0.833. The molecule has 0 unspecified atom stereocenters. The van der Waals surface area contributed by atoms with Gasteiger partial charge in [0.05, 0.1) is 5.69 Å². The Bertz CT molecular complexity index is 528. The maximum absolute atomic E-state index is 12.5. The minimum absolute atomic E-state index is 0.346. The Balaban J connectivity index is 2.23. The summed E-state index contributed by atoms with van der Waals surface area (Å²) in [7, 11) is 0. The fraction of sp³-hybridized carbons (Fsp3) is 0.667. The first-order valence-electron chi connectivity index (χ1n) is 7.59. The predicted molar refractivity (Wildman–Crippen MR) is 78.2 cm³/mol. The van der Waals surface area contributed by atoms with E-state index >= 15 is 0 Å². The molecule has 6 nitrogen and oxygen atoms in total. The highest BCUT2D eigenvalue weighted by atomic mass is 16.4. The molecule has 1 amide bonds. The normalized spacial score (nSPS) is 18.0. The molecule has 1 aromatic heterocycles. The van der Waals surface area contributed by atoms with Crippen LogP contribution < -0.4 is 5.32 Å². The van der Waals surface area contributed by atoms with E-state index in [-0.39, 0.29) is 5.91 Å². The van der Waals surface area contributed by atoms with Crippen molar-refractivity contribution in [1.82, 2.24) is 15.1 Å². The van der Waals surface area contributed by atoms with Gasteiger partial charge in [0.25, 0.3) is 5.91 Å². The summed E-state index contributed by atoms with van der Waals surface area (Å²) in [4.78, 5) is 24.2. The maximum atomic E-state index is 12.5. The first kappa shape index (κ1) is 15.5. The average molecular weight is 293 g/mol. The van der Waals surface area contributed by atoms with Gasteiger partial charge in [-0.25, -0.2) is 4.79 Å². The van der Waals surface area contributed by atoms with E-state index < -0.39 is 11.5 Å². The topological polar surface area (TPSA) is 84.2 Å². The van der Waals surface area contributed by atoms with Crippen molar-refractivity contribution in [3.05, 3.63) is 17.5 Å². The third kappa shape index (κ3) is 3.25. The summed E-state index contributed by atoms with van der Waals surface area (Å²) in [5.41, 5.74) is 0.0525. The number of carboxylic acids is 1. The van der Waals surface area contributed by atoms with Crippen LogP contribution in [0.15, 0.2) is 6.07 Å². The molecule has 1 aromatic rings. The first-order valence-corrected chi connectivity index (χ1v) is 7.59. The van der Waals surface area contributed by atoms with E-state index in [0.29, 0.717) is 25.1 Å². The summed E-state index contributed by atoms with van der Waals surface area (Å²) in [6.45, 7) is 4.31. The number of aryl methyl sites for hydroxylation is 2. The highest BCUT2D eigenvalue weighted by Gasteiger charge is 2.40. The molecule has 0 spiro atoms. The molecule has 1 heterocycles. The van der Waals surface area contributed by atoms with E-state index in [1.165, 1.54) is 0 Å². The average Bonchev–Trinajstić information content (AvgIpc) is 2.67. The summed E-state index contributed by atoms with van der Waals surface area (Å²) >= 11 is 0. The van der Waals surface area contributed by atoms with Gasteiger partial charge in [0.1, 0.15) is 11.2 Å². The number of amides is 1. The number of carboxylic acid groups (broad SMARTS) is 1. The van der Waals surface area contributed by atoms with Crippen LogP contribution in [0.4, 0.5) is 0 Å². The molecule has 0 radical (unpaired) electrons. The number of hydrogen-bond donors (Lipinski definition) is 2. The Morgan fingerprint density at radius 3 is 2.48 bits per heavy atom. The van der Waals surface area contributed by atoms with Crippen LogP contribution in [0, 0.1) is 6.92 Å². The second-order valence-electron chi connectivity index (χ2n) is 5.74. The molecule has 21 heavy (non-hydrogen) atoms. The zero-order valence-corrected chi connectivity index (χ0v) is 12.7. The number of carbonyl (C=O) groups excluding carboxylic acids is 1. The Kier molecular flexibility index (Phi) is 4.65. The van der Waals surface area contributed by atoms with E-state index in [1.54, 1.807) is 10.7 Å². The zero-order chi connectivity index (χ0) is 15.5. The van der Waals surface area contributed by atoms with Crippen LogP contribution in [0.1, 0.15) is 61.6 Å². The van der Waals surface area contributed by atoms with Crippen LogP contribution in [0.2, 0.25) is 0 Å². The van der Waals surface area contributed by atoms with Crippen molar-refractivity contribution in [2.24, 2.45) is 0 Å². The van der Waals surface area contributed by atoms with Crippen molar-refractivity contribution >= 4 is 11.9 Å². The van der Waals surface area contributed by atoms with Gasteiger partial charge in [0.2, 0.25) is 0 Å². The van der Waals surface area contributed by atoms with Crippen LogP contribution in [-0.2, 0) is 11.3 Å². The number of aromatic nitrogens is 2. The summed E-state index contributed by atoms with van der Waals surface area (Å²) < 4.78 is 1.61. The van der Waals surface area contributed by atoms with Gasteiger partial charge in [-0.15, -0.1) is 0 Å². The monoisotopic (exact) mass is 293 g/mol. The SMILES string of the molecule is CCn1nc(C)cc1C(=O)NC1(C(=O)O)CCCCCC1. The minimum Gasteiger partial charge on any atom is -0.480 e. The van der Waals surface area contributed by atoms with Crippen LogP contribution in [0.5, 0.6) is 0 Å². The lowest BCUT2D eigenvalue weighted by Crippen LogP contribution is -2.54. The van der Waals surface area contributed by atoms with Crippen molar-refractivity contribution in [1.29, 1.82) is 0 Å². The van der Waals surface area contributed by atoms with Crippen LogP contribution in [0.3, 0.4) is 0 Å². The molecule has 1 aliphatic rings. The van der Waals surface area contributed by atoms with Crippen molar-refractivity contribution in [3.63, 3.8) is 0 Å². The molecule has 0 atom stereocenters. The fourth-order valence-corrected chi connectivity index (χ4v) is 2.98. The summed E-state index contributed by atoms with van der Waals surface area (Å²) in [5, 5.41) is 16.6. The highest BCUT2D eigenvalue weighted by Crippen LogP contribution is 2.28. The zero-order valence-electron chi connectivity index (χ0n) is 12.7. The fourth-order valence-electron chi connectivity index (χ4n) is 2.98. The number of rotatable bonds is 4. The van der Waals surface area contributed by atoms with E-state index in [1.807, 2.05) is 13.8 Å². The maximum Gasteiger partial charge on any atom is 0.329 e. The van der Waals surface area contributed by atoms with Gasteiger partial charge in [-0.2, -0.15) is 5.10 Å². The molecule has 0 aliphatic heterocycles. The second kappa shape index (κ2) is 6.28. The molecule has 0 aromatic carbocycles. The van der Waals surface area contributed by atoms with Crippen molar-refractivity contribution in [3.8, 4) is 0 Å². The summed E-state index contributed by atoms with van der Waals surface area (Å²) in [5.74, 6) is -1.28. The Hall–Kier alpha value is -1.85. The first-order chi connectivity index (χ1) is 9.98. The van der Waals surface area contributed by atoms with Crippen LogP contribution in [0.25, 0.3) is 0 Å². The third-order valence-electron chi connectivity index (χ3n) is 4.15. The summed E-state index contributed by atoms with van der Waals surface area (Å²) in [6.07, 6.45) is 4.70. The predicted octanol–water partition coefficient (Wildman–Crippen LogP) is 2.12. The van der Waals surface area contributed by atoms with Gasteiger partial charge < -0.3 is 10.4 Å². The molecule has 1 aliphatic carbocycles. The Morgan fingerprint density at radius 1 is 1.33 bits per heavy atom. The lowest BCUT2D eigenvalue weighted by atomic mass is 9.90. The van der Waals surface area contributed by atoms with Crippen molar-refractivity contribution in [2.75, 3.05) is 0 Å². The minimum atomic E-state index is -1.13. The van der Waals surface area contributed by atoms with E-state index in [4.69, 9.17) is 0 Å². The van der Waals surface area contributed by atoms with Gasteiger partial charge in [-0.1, -0.05) is 25.7 Å². The van der Waals surface area contributed by atoms with Gasteiger partial charge in [0.15, 0.2) is 0 Å². The molecular weight excluding hydrogens is 270 g/mol. The van der Waals surface area contributed by atoms with Gasteiger partial charge in [-0.05, 0) is 32.8 Å². The van der Waals surface area contributed by atoms with E-state index in [9.17, 15) is 14.7 Å². The Morgan fingerprint density at radius 2 is 1.95 bits per heavy atom. The van der Waals surface area contributed by atoms with E-state index in [2.05, 4.69) is 10.4 Å². The number of aliphatic carboxylic acids is 1. The smallest absolute Gasteiger partial charge is 0.329 e.